The molecule has 3 aromatic heterocycles. The van der Waals surface area contributed by atoms with Gasteiger partial charge in [0.1, 0.15) is 5.15 Å². The third-order valence-electron chi connectivity index (χ3n) is 4.26. The normalized spacial score (nSPS) is 15.3. The zero-order valence-corrected chi connectivity index (χ0v) is 15.4. The molecule has 3 aromatic rings. The Bertz CT molecular complexity index is 890. The van der Waals surface area contributed by atoms with Crippen LogP contribution in [0.4, 0.5) is 0 Å². The van der Waals surface area contributed by atoms with Crippen LogP contribution in [0.1, 0.15) is 16.2 Å². The van der Waals surface area contributed by atoms with Crippen molar-refractivity contribution in [3.8, 4) is 11.4 Å². The summed E-state index contributed by atoms with van der Waals surface area (Å²) < 4.78 is 5.35. The number of amides is 1. The van der Waals surface area contributed by atoms with Crippen LogP contribution >= 0.6 is 22.9 Å². The number of aromatic nitrogens is 3. The molecule has 1 aliphatic rings. The van der Waals surface area contributed by atoms with Crippen LogP contribution in [0.5, 0.6) is 0 Å². The molecule has 0 atom stereocenters. The molecule has 0 unspecified atom stereocenters. The van der Waals surface area contributed by atoms with Crippen LogP contribution in [-0.2, 0) is 6.54 Å². The number of carbonyl (C=O) groups excluding carboxylic acids is 1. The van der Waals surface area contributed by atoms with E-state index in [4.69, 9.17) is 16.1 Å². The Labute approximate surface area is 159 Å². The van der Waals surface area contributed by atoms with Crippen molar-refractivity contribution >= 4 is 28.8 Å². The summed E-state index contributed by atoms with van der Waals surface area (Å²) in [4.78, 5) is 25.0. The number of piperazine rings is 1. The minimum atomic E-state index is -0.0831. The highest BCUT2D eigenvalue weighted by Gasteiger charge is 2.25. The molecular weight excluding hydrogens is 374 g/mol. The van der Waals surface area contributed by atoms with Crippen LogP contribution < -0.4 is 0 Å². The van der Waals surface area contributed by atoms with Crippen LogP contribution in [0, 0.1) is 0 Å². The van der Waals surface area contributed by atoms with Gasteiger partial charge in [-0.3, -0.25) is 9.69 Å². The molecule has 1 fully saturated rings. The standard InChI is InChI=1S/C17H16ClN5O2S/c18-15-13(2-1-4-19-15)17(24)23-7-5-22(6-8-23)10-14-20-16(21-25-14)12-3-9-26-11-12/h1-4,9,11H,5-8,10H2. The number of halogens is 1. The zero-order valence-electron chi connectivity index (χ0n) is 13.8. The second-order valence-corrected chi connectivity index (χ2v) is 7.07. The van der Waals surface area contributed by atoms with E-state index < -0.39 is 0 Å². The summed E-state index contributed by atoms with van der Waals surface area (Å²) in [6.07, 6.45) is 1.58. The van der Waals surface area contributed by atoms with Gasteiger partial charge in [0.15, 0.2) is 0 Å². The molecule has 0 aromatic carbocycles. The van der Waals surface area contributed by atoms with Gasteiger partial charge in [0.2, 0.25) is 11.7 Å². The molecule has 1 amide bonds. The summed E-state index contributed by atoms with van der Waals surface area (Å²) >= 11 is 7.62. The molecular formula is C17H16ClN5O2S. The molecule has 7 nitrogen and oxygen atoms in total. The maximum atomic E-state index is 12.6. The number of pyridine rings is 1. The van der Waals surface area contributed by atoms with Gasteiger partial charge >= 0.3 is 0 Å². The number of hydrogen-bond donors (Lipinski definition) is 0. The Balaban J connectivity index is 1.34. The van der Waals surface area contributed by atoms with Crippen LogP contribution in [0.15, 0.2) is 39.7 Å². The fraction of sp³-hybridized carbons (Fsp3) is 0.294. The Kier molecular flexibility index (Phi) is 4.96. The molecule has 9 heteroatoms. The summed E-state index contributed by atoms with van der Waals surface area (Å²) in [5.41, 5.74) is 1.41. The van der Waals surface area contributed by atoms with E-state index in [0.29, 0.717) is 36.9 Å². The van der Waals surface area contributed by atoms with Crippen molar-refractivity contribution in [3.05, 3.63) is 51.8 Å². The molecule has 26 heavy (non-hydrogen) atoms. The summed E-state index contributed by atoms with van der Waals surface area (Å²) in [7, 11) is 0. The van der Waals surface area contributed by atoms with Crippen LogP contribution in [0.25, 0.3) is 11.4 Å². The van der Waals surface area contributed by atoms with Crippen molar-refractivity contribution in [2.24, 2.45) is 0 Å². The number of nitrogens with zero attached hydrogens (tertiary/aromatic N) is 5. The Morgan fingerprint density at radius 2 is 2.12 bits per heavy atom. The maximum Gasteiger partial charge on any atom is 0.257 e. The van der Waals surface area contributed by atoms with Crippen molar-refractivity contribution < 1.29 is 9.32 Å². The second kappa shape index (κ2) is 7.53. The van der Waals surface area contributed by atoms with Crippen LogP contribution in [0.3, 0.4) is 0 Å². The predicted octanol–water partition coefficient (Wildman–Crippen LogP) is 2.80. The average molecular weight is 390 g/mol. The fourth-order valence-electron chi connectivity index (χ4n) is 2.84. The lowest BCUT2D eigenvalue weighted by atomic mass is 10.2. The third kappa shape index (κ3) is 3.62. The number of hydrogen-bond acceptors (Lipinski definition) is 7. The van der Waals surface area contributed by atoms with E-state index in [1.807, 2.05) is 16.8 Å². The molecule has 4 heterocycles. The van der Waals surface area contributed by atoms with Gasteiger partial charge < -0.3 is 9.42 Å². The van der Waals surface area contributed by atoms with E-state index >= 15 is 0 Å². The van der Waals surface area contributed by atoms with E-state index in [2.05, 4.69) is 20.0 Å². The largest absolute Gasteiger partial charge is 0.338 e. The van der Waals surface area contributed by atoms with E-state index in [0.717, 1.165) is 18.7 Å². The third-order valence-corrected chi connectivity index (χ3v) is 5.24. The van der Waals surface area contributed by atoms with E-state index in [-0.39, 0.29) is 11.1 Å². The quantitative estimate of drug-likeness (QED) is 0.639. The zero-order chi connectivity index (χ0) is 17.9. The van der Waals surface area contributed by atoms with Crippen molar-refractivity contribution in [1.82, 2.24) is 24.9 Å². The molecule has 0 aliphatic carbocycles. The van der Waals surface area contributed by atoms with Gasteiger partial charge in [0.25, 0.3) is 5.91 Å². The smallest absolute Gasteiger partial charge is 0.257 e. The van der Waals surface area contributed by atoms with Gasteiger partial charge in [-0.15, -0.1) is 0 Å². The first-order chi connectivity index (χ1) is 12.7. The Hall–Kier alpha value is -2.29. The van der Waals surface area contributed by atoms with Gasteiger partial charge in [-0.25, -0.2) is 4.98 Å². The molecule has 0 N–H and O–H groups in total. The van der Waals surface area contributed by atoms with Crippen molar-refractivity contribution in [2.45, 2.75) is 6.54 Å². The van der Waals surface area contributed by atoms with Gasteiger partial charge in [-0.1, -0.05) is 16.8 Å². The molecule has 0 bridgehead atoms. The molecule has 0 radical (unpaired) electrons. The predicted molar refractivity (Wildman–Crippen MR) is 98.0 cm³/mol. The van der Waals surface area contributed by atoms with Crippen LogP contribution in [-0.4, -0.2) is 57.0 Å². The summed E-state index contributed by atoms with van der Waals surface area (Å²) in [6, 6.07) is 5.39. The first-order valence-electron chi connectivity index (χ1n) is 8.18. The minimum Gasteiger partial charge on any atom is -0.338 e. The van der Waals surface area contributed by atoms with E-state index in [1.54, 1.807) is 34.6 Å². The van der Waals surface area contributed by atoms with E-state index in [1.165, 1.54) is 0 Å². The van der Waals surface area contributed by atoms with Crippen molar-refractivity contribution in [3.63, 3.8) is 0 Å². The van der Waals surface area contributed by atoms with Crippen molar-refractivity contribution in [2.75, 3.05) is 26.2 Å². The average Bonchev–Trinajstić information content (AvgIpc) is 3.34. The SMILES string of the molecule is O=C(c1cccnc1Cl)N1CCN(Cc2nc(-c3ccsc3)no2)CC1. The maximum absolute atomic E-state index is 12.6. The van der Waals surface area contributed by atoms with Crippen LogP contribution in [0.2, 0.25) is 5.15 Å². The summed E-state index contributed by atoms with van der Waals surface area (Å²) in [5.74, 6) is 1.11. The number of carbonyl (C=O) groups is 1. The number of rotatable bonds is 4. The monoisotopic (exact) mass is 389 g/mol. The van der Waals surface area contributed by atoms with Gasteiger partial charge in [-0.2, -0.15) is 16.3 Å². The second-order valence-electron chi connectivity index (χ2n) is 5.93. The van der Waals surface area contributed by atoms with Gasteiger partial charge in [0, 0.05) is 43.3 Å². The lowest BCUT2D eigenvalue weighted by molar-refractivity contribution is 0.0615. The topological polar surface area (TPSA) is 75.4 Å². The molecule has 134 valence electrons. The summed E-state index contributed by atoms with van der Waals surface area (Å²) in [6.45, 7) is 3.29. The highest BCUT2D eigenvalue weighted by atomic mass is 35.5. The van der Waals surface area contributed by atoms with Gasteiger partial charge in [0.05, 0.1) is 12.1 Å². The molecule has 0 saturated carbocycles. The highest BCUT2D eigenvalue weighted by Crippen LogP contribution is 2.20. The lowest BCUT2D eigenvalue weighted by Gasteiger charge is -2.34. The lowest BCUT2D eigenvalue weighted by Crippen LogP contribution is -2.48. The fourth-order valence-corrected chi connectivity index (χ4v) is 3.68. The molecule has 1 aliphatic heterocycles. The first kappa shape index (κ1) is 17.1. The van der Waals surface area contributed by atoms with E-state index in [9.17, 15) is 4.79 Å². The highest BCUT2D eigenvalue weighted by molar-refractivity contribution is 7.08. The van der Waals surface area contributed by atoms with Gasteiger partial charge in [-0.05, 0) is 23.6 Å². The van der Waals surface area contributed by atoms with Crippen molar-refractivity contribution in [1.29, 1.82) is 0 Å². The Morgan fingerprint density at radius 1 is 1.27 bits per heavy atom. The summed E-state index contributed by atoms with van der Waals surface area (Å²) in [5, 5.41) is 8.24. The molecule has 0 spiro atoms. The number of thiophene rings is 1. The Morgan fingerprint density at radius 3 is 2.85 bits per heavy atom. The first-order valence-corrected chi connectivity index (χ1v) is 9.50. The minimum absolute atomic E-state index is 0.0831. The molecule has 1 saturated heterocycles. The molecule has 4 rings (SSSR count).